The van der Waals surface area contributed by atoms with E-state index in [1.807, 2.05) is 0 Å². The van der Waals surface area contributed by atoms with Gasteiger partial charge in [0.1, 0.15) is 6.33 Å². The van der Waals surface area contributed by atoms with Crippen molar-refractivity contribution in [3.05, 3.63) is 36.2 Å². The van der Waals surface area contributed by atoms with Crippen molar-refractivity contribution in [3.8, 4) is 5.69 Å². The number of para-hydroxylation sites is 1. The highest BCUT2D eigenvalue weighted by atomic mass is 19.3. The second-order valence-corrected chi connectivity index (χ2v) is 4.60. The number of likely N-dealkylation sites (tertiary alicyclic amines) is 1. The Morgan fingerprint density at radius 3 is 2.75 bits per heavy atom. The molecule has 6 nitrogen and oxygen atoms in total. The third-order valence-electron chi connectivity index (χ3n) is 3.19. The molecule has 0 saturated carbocycles. The summed E-state index contributed by atoms with van der Waals surface area (Å²) in [6.07, 6.45) is 1.05. The number of carbonyl (C=O) groups is 1. The molecule has 0 unspecified atom stereocenters. The molecule has 1 saturated heterocycles. The van der Waals surface area contributed by atoms with Crippen molar-refractivity contribution in [3.63, 3.8) is 0 Å². The molecule has 0 atom stereocenters. The number of carbonyl (C=O) groups excluding carboxylic acids is 1. The summed E-state index contributed by atoms with van der Waals surface area (Å²) in [5.41, 5.74) is 0.773. The fourth-order valence-corrected chi connectivity index (χ4v) is 2.21. The minimum Gasteiger partial charge on any atom is -0.332 e. The number of rotatable bonds is 2. The van der Waals surface area contributed by atoms with Crippen molar-refractivity contribution in [1.82, 2.24) is 25.1 Å². The minimum atomic E-state index is -2.81. The largest absolute Gasteiger partial charge is 0.332 e. The lowest BCUT2D eigenvalue weighted by molar-refractivity contribution is 0.0120. The third-order valence-corrected chi connectivity index (χ3v) is 3.19. The van der Waals surface area contributed by atoms with Crippen LogP contribution in [0.2, 0.25) is 0 Å². The average molecular weight is 279 g/mol. The fourth-order valence-electron chi connectivity index (χ4n) is 2.21. The van der Waals surface area contributed by atoms with Crippen molar-refractivity contribution in [2.24, 2.45) is 0 Å². The molecule has 0 radical (unpaired) electrons. The van der Waals surface area contributed by atoms with E-state index >= 15 is 0 Å². The third kappa shape index (κ3) is 2.24. The van der Waals surface area contributed by atoms with Crippen molar-refractivity contribution in [2.45, 2.75) is 12.3 Å². The normalized spacial score (nSPS) is 17.4. The van der Waals surface area contributed by atoms with Crippen LogP contribution in [-0.2, 0) is 0 Å². The molecule has 0 aliphatic carbocycles. The van der Waals surface area contributed by atoms with Gasteiger partial charge < -0.3 is 4.90 Å². The van der Waals surface area contributed by atoms with E-state index in [2.05, 4.69) is 15.5 Å². The zero-order chi connectivity index (χ0) is 14.2. The quantitative estimate of drug-likeness (QED) is 0.827. The van der Waals surface area contributed by atoms with Crippen LogP contribution >= 0.6 is 0 Å². The number of hydrogen-bond acceptors (Lipinski definition) is 4. The van der Waals surface area contributed by atoms with Crippen LogP contribution in [-0.4, -0.2) is 50.0 Å². The van der Waals surface area contributed by atoms with E-state index in [9.17, 15) is 13.6 Å². The lowest BCUT2D eigenvalue weighted by atomic mass is 10.1. The van der Waals surface area contributed by atoms with Crippen LogP contribution in [0.25, 0.3) is 5.69 Å². The Kier molecular flexibility index (Phi) is 2.92. The summed E-state index contributed by atoms with van der Waals surface area (Å²) in [6, 6.07) is 6.65. The van der Waals surface area contributed by atoms with Gasteiger partial charge in [0.05, 0.1) is 17.8 Å². The molecule has 20 heavy (non-hydrogen) atoms. The Hall–Kier alpha value is -2.38. The van der Waals surface area contributed by atoms with Gasteiger partial charge in [-0.2, -0.15) is 4.68 Å². The van der Waals surface area contributed by atoms with Gasteiger partial charge in [0.25, 0.3) is 11.8 Å². The summed E-state index contributed by atoms with van der Waals surface area (Å²) in [4.78, 5) is 13.5. The zero-order valence-corrected chi connectivity index (χ0v) is 10.4. The second kappa shape index (κ2) is 4.62. The van der Waals surface area contributed by atoms with Gasteiger partial charge in [-0.3, -0.25) is 4.79 Å². The fraction of sp³-hybridized carbons (Fsp3) is 0.333. The number of aromatic nitrogens is 4. The van der Waals surface area contributed by atoms with Gasteiger partial charge in [-0.15, -0.1) is 5.10 Å². The van der Waals surface area contributed by atoms with E-state index < -0.39 is 18.4 Å². The Balaban J connectivity index is 1.93. The molecule has 1 amide bonds. The topological polar surface area (TPSA) is 63.9 Å². The highest BCUT2D eigenvalue weighted by molar-refractivity contribution is 5.97. The maximum Gasteiger partial charge on any atom is 0.267 e. The summed E-state index contributed by atoms with van der Waals surface area (Å²) in [7, 11) is 0. The average Bonchev–Trinajstić information content (AvgIpc) is 3.07. The van der Waals surface area contributed by atoms with Crippen LogP contribution < -0.4 is 0 Å². The Labute approximate surface area is 113 Å². The number of nitrogens with zero attached hydrogens (tertiary/aromatic N) is 5. The monoisotopic (exact) mass is 279 g/mol. The van der Waals surface area contributed by atoms with E-state index in [1.165, 1.54) is 11.0 Å². The van der Waals surface area contributed by atoms with E-state index in [0.717, 1.165) is 4.90 Å². The number of alkyl halides is 2. The molecule has 0 N–H and O–H groups in total. The standard InChI is InChI=1S/C12H11F2N5O/c13-12(14)5-6-18(7-12)11(20)9-3-1-2-4-10(9)19-8-15-16-17-19/h1-4,8H,5-7H2. The van der Waals surface area contributed by atoms with Gasteiger partial charge in [0.2, 0.25) is 0 Å². The molecule has 3 rings (SSSR count). The molecule has 1 aromatic heterocycles. The second-order valence-electron chi connectivity index (χ2n) is 4.60. The Morgan fingerprint density at radius 2 is 2.10 bits per heavy atom. The first kappa shape index (κ1) is 12.6. The van der Waals surface area contributed by atoms with Gasteiger partial charge in [0.15, 0.2) is 0 Å². The number of tetrazole rings is 1. The van der Waals surface area contributed by atoms with Gasteiger partial charge in [0, 0.05) is 13.0 Å². The van der Waals surface area contributed by atoms with Gasteiger partial charge >= 0.3 is 0 Å². The summed E-state index contributed by atoms with van der Waals surface area (Å²) in [5, 5.41) is 10.7. The van der Waals surface area contributed by atoms with Crippen molar-refractivity contribution < 1.29 is 13.6 Å². The molecule has 1 aromatic carbocycles. The maximum absolute atomic E-state index is 13.2. The summed E-state index contributed by atoms with van der Waals surface area (Å²) < 4.78 is 27.8. The predicted octanol–water partition coefficient (Wildman–Crippen LogP) is 1.14. The SMILES string of the molecule is O=C(c1ccccc1-n1cnnn1)N1CCC(F)(F)C1. The van der Waals surface area contributed by atoms with Gasteiger partial charge in [-0.1, -0.05) is 12.1 Å². The van der Waals surface area contributed by atoms with E-state index in [1.54, 1.807) is 24.3 Å². The van der Waals surface area contributed by atoms with Gasteiger partial charge in [-0.05, 0) is 22.6 Å². The molecular formula is C12H11F2N5O. The molecule has 1 aliphatic rings. The highest BCUT2D eigenvalue weighted by Gasteiger charge is 2.40. The number of amides is 1. The summed E-state index contributed by atoms with van der Waals surface area (Å²) >= 11 is 0. The van der Waals surface area contributed by atoms with E-state index in [4.69, 9.17) is 0 Å². The van der Waals surface area contributed by atoms with Gasteiger partial charge in [-0.25, -0.2) is 8.78 Å². The molecule has 2 aromatic rings. The van der Waals surface area contributed by atoms with Crippen molar-refractivity contribution in [1.29, 1.82) is 0 Å². The van der Waals surface area contributed by atoms with Crippen LogP contribution in [0.4, 0.5) is 8.78 Å². The summed E-state index contributed by atoms with van der Waals surface area (Å²) in [5.74, 6) is -3.24. The smallest absolute Gasteiger partial charge is 0.267 e. The van der Waals surface area contributed by atoms with Crippen LogP contribution in [0.15, 0.2) is 30.6 Å². The molecule has 2 heterocycles. The van der Waals surface area contributed by atoms with E-state index in [0.29, 0.717) is 11.3 Å². The molecule has 0 spiro atoms. The molecule has 8 heteroatoms. The first-order valence-corrected chi connectivity index (χ1v) is 6.06. The Bertz CT molecular complexity index is 629. The zero-order valence-electron chi connectivity index (χ0n) is 10.4. The number of halogens is 2. The summed E-state index contributed by atoms with van der Waals surface area (Å²) in [6.45, 7) is -0.494. The highest BCUT2D eigenvalue weighted by Crippen LogP contribution is 2.28. The predicted molar refractivity (Wildman–Crippen MR) is 64.6 cm³/mol. The van der Waals surface area contributed by atoms with E-state index in [-0.39, 0.29) is 13.0 Å². The maximum atomic E-state index is 13.2. The Morgan fingerprint density at radius 1 is 1.30 bits per heavy atom. The molecular weight excluding hydrogens is 268 g/mol. The number of hydrogen-bond donors (Lipinski definition) is 0. The van der Waals surface area contributed by atoms with Crippen LogP contribution in [0.1, 0.15) is 16.8 Å². The lowest BCUT2D eigenvalue weighted by Crippen LogP contribution is -2.32. The lowest BCUT2D eigenvalue weighted by Gasteiger charge is -2.17. The number of benzene rings is 1. The molecule has 0 bridgehead atoms. The first-order valence-electron chi connectivity index (χ1n) is 6.06. The first-order chi connectivity index (χ1) is 9.57. The minimum absolute atomic E-state index is 0.0514. The molecule has 104 valence electrons. The molecule has 1 aliphatic heterocycles. The van der Waals surface area contributed by atoms with Crippen molar-refractivity contribution in [2.75, 3.05) is 13.1 Å². The molecule has 1 fully saturated rings. The van der Waals surface area contributed by atoms with Crippen molar-refractivity contribution >= 4 is 5.91 Å². The van der Waals surface area contributed by atoms with Crippen LogP contribution in [0.5, 0.6) is 0 Å². The van der Waals surface area contributed by atoms with Crippen LogP contribution in [0, 0.1) is 0 Å². The van der Waals surface area contributed by atoms with Crippen LogP contribution in [0.3, 0.4) is 0 Å².